The first-order valence-electron chi connectivity index (χ1n) is 8.29. The van der Waals surface area contributed by atoms with E-state index >= 15 is 0 Å². The molecular weight excluding hydrogens is 300 g/mol. The summed E-state index contributed by atoms with van der Waals surface area (Å²) >= 11 is 0. The van der Waals surface area contributed by atoms with Crippen molar-refractivity contribution < 1.29 is 9.59 Å². The van der Waals surface area contributed by atoms with E-state index in [1.54, 1.807) is 0 Å². The van der Waals surface area contributed by atoms with E-state index in [1.807, 2.05) is 56.3 Å². The molecule has 1 aliphatic rings. The molecule has 0 radical (unpaired) electrons. The van der Waals surface area contributed by atoms with Crippen molar-refractivity contribution >= 4 is 23.2 Å². The van der Waals surface area contributed by atoms with Gasteiger partial charge >= 0.3 is 0 Å². The molecule has 3 rings (SSSR count). The number of hydrogen-bond donors (Lipinski definition) is 1. The van der Waals surface area contributed by atoms with Gasteiger partial charge in [-0.25, -0.2) is 4.90 Å². The Morgan fingerprint density at radius 3 is 2.25 bits per heavy atom. The Bertz CT molecular complexity index is 760. The van der Waals surface area contributed by atoms with Crippen molar-refractivity contribution in [1.82, 2.24) is 0 Å². The summed E-state index contributed by atoms with van der Waals surface area (Å²) in [6.45, 7) is 5.95. The van der Waals surface area contributed by atoms with E-state index < -0.39 is 6.04 Å². The molecule has 1 N–H and O–H groups in total. The van der Waals surface area contributed by atoms with Crippen LogP contribution >= 0.6 is 0 Å². The standard InChI is InChI=1S/C20H22N2O2/c1-4-15-8-10-16(11-9-15)21-17-12-18(23)22(20(17)24)19-13(2)6-5-7-14(19)3/h5-11,17,21H,4,12H2,1-3H3/t17-/m1/s1. The summed E-state index contributed by atoms with van der Waals surface area (Å²) in [6.07, 6.45) is 1.16. The van der Waals surface area contributed by atoms with E-state index in [0.29, 0.717) is 0 Å². The van der Waals surface area contributed by atoms with Gasteiger partial charge < -0.3 is 5.32 Å². The van der Waals surface area contributed by atoms with Crippen LogP contribution < -0.4 is 10.2 Å². The lowest BCUT2D eigenvalue weighted by atomic mass is 10.1. The van der Waals surface area contributed by atoms with Crippen LogP contribution in [0.5, 0.6) is 0 Å². The maximum absolute atomic E-state index is 12.8. The number of hydrogen-bond acceptors (Lipinski definition) is 3. The van der Waals surface area contributed by atoms with E-state index in [4.69, 9.17) is 0 Å². The second kappa shape index (κ2) is 6.48. The molecule has 4 heteroatoms. The van der Waals surface area contributed by atoms with Crippen molar-refractivity contribution in [3.8, 4) is 0 Å². The number of carbonyl (C=O) groups is 2. The zero-order chi connectivity index (χ0) is 17.3. The van der Waals surface area contributed by atoms with E-state index in [0.717, 1.165) is 28.9 Å². The molecule has 2 aromatic rings. The number of nitrogens with zero attached hydrogens (tertiary/aromatic N) is 1. The van der Waals surface area contributed by atoms with Crippen LogP contribution in [0.15, 0.2) is 42.5 Å². The second-order valence-corrected chi connectivity index (χ2v) is 6.26. The quantitative estimate of drug-likeness (QED) is 0.875. The smallest absolute Gasteiger partial charge is 0.256 e. The molecule has 0 bridgehead atoms. The highest BCUT2D eigenvalue weighted by Gasteiger charge is 2.40. The van der Waals surface area contributed by atoms with Crippen LogP contribution in [-0.4, -0.2) is 17.9 Å². The maximum Gasteiger partial charge on any atom is 0.256 e. The Balaban J connectivity index is 1.83. The van der Waals surface area contributed by atoms with E-state index in [1.165, 1.54) is 10.5 Å². The van der Waals surface area contributed by atoms with Gasteiger partial charge in [-0.3, -0.25) is 9.59 Å². The average Bonchev–Trinajstić information content (AvgIpc) is 2.83. The molecule has 1 fully saturated rings. The Morgan fingerprint density at radius 2 is 1.67 bits per heavy atom. The lowest BCUT2D eigenvalue weighted by molar-refractivity contribution is -0.121. The predicted molar refractivity (Wildman–Crippen MR) is 96.3 cm³/mol. The van der Waals surface area contributed by atoms with Crippen LogP contribution in [0.25, 0.3) is 0 Å². The van der Waals surface area contributed by atoms with Crippen molar-refractivity contribution in [2.24, 2.45) is 0 Å². The van der Waals surface area contributed by atoms with Crippen LogP contribution in [0.2, 0.25) is 0 Å². The Labute approximate surface area is 142 Å². The fraction of sp³-hybridized carbons (Fsp3) is 0.300. The summed E-state index contributed by atoms with van der Waals surface area (Å²) in [7, 11) is 0. The number of carbonyl (C=O) groups excluding carboxylic acids is 2. The Kier molecular flexibility index (Phi) is 4.38. The largest absolute Gasteiger partial charge is 0.373 e. The van der Waals surface area contributed by atoms with Gasteiger partial charge in [0.15, 0.2) is 0 Å². The summed E-state index contributed by atoms with van der Waals surface area (Å²) in [5.41, 5.74) is 4.70. The molecule has 1 saturated heterocycles. The molecule has 0 spiro atoms. The third kappa shape index (κ3) is 2.92. The minimum atomic E-state index is -0.510. The molecule has 0 aliphatic carbocycles. The average molecular weight is 322 g/mol. The summed E-state index contributed by atoms with van der Waals surface area (Å²) in [4.78, 5) is 26.6. The zero-order valence-electron chi connectivity index (χ0n) is 14.3. The number of para-hydroxylation sites is 1. The van der Waals surface area contributed by atoms with E-state index in [2.05, 4.69) is 12.2 Å². The van der Waals surface area contributed by atoms with Gasteiger partial charge in [0.2, 0.25) is 5.91 Å². The van der Waals surface area contributed by atoms with Crippen molar-refractivity contribution in [2.75, 3.05) is 10.2 Å². The number of imide groups is 1. The SMILES string of the molecule is CCc1ccc(N[C@@H]2CC(=O)N(c3c(C)cccc3C)C2=O)cc1. The topological polar surface area (TPSA) is 49.4 Å². The van der Waals surface area contributed by atoms with Gasteiger partial charge in [-0.05, 0) is 49.1 Å². The van der Waals surface area contributed by atoms with Crippen molar-refractivity contribution in [1.29, 1.82) is 0 Å². The summed E-state index contributed by atoms with van der Waals surface area (Å²) in [5.74, 6) is -0.336. The first-order valence-corrected chi connectivity index (χ1v) is 8.29. The monoisotopic (exact) mass is 322 g/mol. The molecule has 2 amide bonds. The number of anilines is 2. The molecular formula is C20H22N2O2. The van der Waals surface area contributed by atoms with E-state index in [9.17, 15) is 9.59 Å². The highest BCUT2D eigenvalue weighted by molar-refractivity contribution is 6.23. The third-order valence-electron chi connectivity index (χ3n) is 4.51. The number of nitrogens with one attached hydrogen (secondary N) is 1. The third-order valence-corrected chi connectivity index (χ3v) is 4.51. The van der Waals surface area contributed by atoms with Crippen molar-refractivity contribution in [3.05, 3.63) is 59.2 Å². The number of benzene rings is 2. The van der Waals surface area contributed by atoms with Crippen LogP contribution in [0.3, 0.4) is 0 Å². The minimum absolute atomic E-state index is 0.153. The zero-order valence-corrected chi connectivity index (χ0v) is 14.3. The molecule has 124 valence electrons. The van der Waals surface area contributed by atoms with Crippen molar-refractivity contribution in [3.63, 3.8) is 0 Å². The number of amides is 2. The molecule has 4 nitrogen and oxygen atoms in total. The molecule has 0 aromatic heterocycles. The molecule has 24 heavy (non-hydrogen) atoms. The summed E-state index contributed by atoms with van der Waals surface area (Å²) in [5, 5.41) is 3.20. The maximum atomic E-state index is 12.8. The molecule has 1 atom stereocenters. The molecule has 1 heterocycles. The highest BCUT2D eigenvalue weighted by Crippen LogP contribution is 2.30. The lowest BCUT2D eigenvalue weighted by Crippen LogP contribution is -2.35. The summed E-state index contributed by atoms with van der Waals surface area (Å²) in [6, 6.07) is 13.3. The van der Waals surface area contributed by atoms with Crippen LogP contribution in [0.4, 0.5) is 11.4 Å². The van der Waals surface area contributed by atoms with Gasteiger partial charge in [-0.15, -0.1) is 0 Å². The van der Waals surface area contributed by atoms with Gasteiger partial charge in [-0.1, -0.05) is 37.3 Å². The van der Waals surface area contributed by atoms with Gasteiger partial charge in [0.25, 0.3) is 5.91 Å². The Hall–Kier alpha value is -2.62. The lowest BCUT2D eigenvalue weighted by Gasteiger charge is -2.20. The van der Waals surface area contributed by atoms with E-state index in [-0.39, 0.29) is 18.2 Å². The van der Waals surface area contributed by atoms with Gasteiger partial charge in [0, 0.05) is 5.69 Å². The van der Waals surface area contributed by atoms with Crippen LogP contribution in [0, 0.1) is 13.8 Å². The van der Waals surface area contributed by atoms with Crippen LogP contribution in [-0.2, 0) is 16.0 Å². The van der Waals surface area contributed by atoms with Gasteiger partial charge in [0.05, 0.1) is 12.1 Å². The Morgan fingerprint density at radius 1 is 1.04 bits per heavy atom. The molecule has 0 saturated carbocycles. The van der Waals surface area contributed by atoms with Crippen molar-refractivity contribution in [2.45, 2.75) is 39.7 Å². The number of rotatable bonds is 4. The normalized spacial score (nSPS) is 17.5. The molecule has 1 aliphatic heterocycles. The van der Waals surface area contributed by atoms with Crippen LogP contribution in [0.1, 0.15) is 30.0 Å². The van der Waals surface area contributed by atoms with Gasteiger partial charge in [0.1, 0.15) is 6.04 Å². The summed E-state index contributed by atoms with van der Waals surface area (Å²) < 4.78 is 0. The first kappa shape index (κ1) is 16.2. The fourth-order valence-electron chi connectivity index (χ4n) is 3.18. The fourth-order valence-corrected chi connectivity index (χ4v) is 3.18. The molecule has 0 unspecified atom stereocenters. The molecule has 2 aromatic carbocycles. The minimum Gasteiger partial charge on any atom is -0.373 e. The number of aryl methyl sites for hydroxylation is 3. The predicted octanol–water partition coefficient (Wildman–Crippen LogP) is 3.61. The van der Waals surface area contributed by atoms with Gasteiger partial charge in [-0.2, -0.15) is 0 Å². The second-order valence-electron chi connectivity index (χ2n) is 6.26. The highest BCUT2D eigenvalue weighted by atomic mass is 16.2. The first-order chi connectivity index (χ1) is 11.5.